The summed E-state index contributed by atoms with van der Waals surface area (Å²) < 4.78 is 5.92. The third-order valence-corrected chi connectivity index (χ3v) is 6.47. The van der Waals surface area contributed by atoms with Crippen LogP contribution in [-0.2, 0) is 9.59 Å². The zero-order valence-electron chi connectivity index (χ0n) is 19.6. The average molecular weight is 478 g/mol. The first kappa shape index (κ1) is 23.6. The van der Waals surface area contributed by atoms with Crippen LogP contribution in [0.3, 0.4) is 0 Å². The summed E-state index contributed by atoms with van der Waals surface area (Å²) in [6, 6.07) is 13.6. The van der Waals surface area contributed by atoms with Crippen LogP contribution in [0.25, 0.3) is 5.76 Å². The van der Waals surface area contributed by atoms with Gasteiger partial charge in [0.15, 0.2) is 0 Å². The fourth-order valence-corrected chi connectivity index (χ4v) is 4.50. The Morgan fingerprint density at radius 2 is 1.85 bits per heavy atom. The van der Waals surface area contributed by atoms with Gasteiger partial charge in [0.25, 0.3) is 5.78 Å². The maximum Gasteiger partial charge on any atom is 0.301 e. The highest BCUT2D eigenvalue weighted by molar-refractivity contribution is 7.15. The van der Waals surface area contributed by atoms with E-state index in [1.807, 2.05) is 37.3 Å². The number of amides is 1. The number of rotatable bonds is 7. The lowest BCUT2D eigenvalue weighted by Gasteiger charge is -2.23. The molecule has 0 radical (unpaired) electrons. The number of aromatic nitrogens is 2. The SMILES string of the molecule is Cc1ccc(/C(O)=C2\C(=O)C(=O)N(c3nnc(C)s3)C2c2cccc(OCCC(C)C)c2)cc1. The van der Waals surface area contributed by atoms with Crippen molar-refractivity contribution in [1.82, 2.24) is 10.2 Å². The molecule has 1 aromatic heterocycles. The van der Waals surface area contributed by atoms with Gasteiger partial charge in [-0.3, -0.25) is 14.5 Å². The number of aryl methyl sites for hydroxylation is 2. The molecule has 0 aliphatic carbocycles. The lowest BCUT2D eigenvalue weighted by molar-refractivity contribution is -0.132. The van der Waals surface area contributed by atoms with E-state index >= 15 is 0 Å². The van der Waals surface area contributed by atoms with Crippen LogP contribution in [-0.4, -0.2) is 33.6 Å². The number of hydrogen-bond donors (Lipinski definition) is 1. The van der Waals surface area contributed by atoms with E-state index in [9.17, 15) is 14.7 Å². The van der Waals surface area contributed by atoms with Crippen molar-refractivity contribution in [3.63, 3.8) is 0 Å². The molecule has 34 heavy (non-hydrogen) atoms. The molecule has 2 aromatic carbocycles. The molecule has 1 N–H and O–H groups in total. The van der Waals surface area contributed by atoms with Gasteiger partial charge in [0.05, 0.1) is 18.2 Å². The Bertz CT molecular complexity index is 1250. The highest BCUT2D eigenvalue weighted by Crippen LogP contribution is 2.43. The second-order valence-electron chi connectivity index (χ2n) is 8.74. The van der Waals surface area contributed by atoms with Gasteiger partial charge >= 0.3 is 5.91 Å². The zero-order chi connectivity index (χ0) is 24.4. The lowest BCUT2D eigenvalue weighted by atomic mass is 9.95. The Hall–Kier alpha value is -3.52. The van der Waals surface area contributed by atoms with Gasteiger partial charge in [0.2, 0.25) is 5.13 Å². The van der Waals surface area contributed by atoms with Crippen molar-refractivity contribution in [2.75, 3.05) is 11.5 Å². The fraction of sp³-hybridized carbons (Fsp3) is 0.308. The van der Waals surface area contributed by atoms with Gasteiger partial charge in [-0.2, -0.15) is 0 Å². The van der Waals surface area contributed by atoms with Gasteiger partial charge in [-0.15, -0.1) is 10.2 Å². The minimum absolute atomic E-state index is 0.0148. The van der Waals surface area contributed by atoms with Gasteiger partial charge in [0.1, 0.15) is 16.5 Å². The van der Waals surface area contributed by atoms with E-state index in [1.165, 1.54) is 16.2 Å². The van der Waals surface area contributed by atoms with Gasteiger partial charge in [0, 0.05) is 5.56 Å². The van der Waals surface area contributed by atoms with Gasteiger partial charge in [-0.25, -0.2) is 0 Å². The van der Waals surface area contributed by atoms with Gasteiger partial charge in [-0.05, 0) is 43.9 Å². The summed E-state index contributed by atoms with van der Waals surface area (Å²) in [4.78, 5) is 27.7. The summed E-state index contributed by atoms with van der Waals surface area (Å²) in [5.41, 5.74) is 2.14. The number of carbonyl (C=O) groups excluding carboxylic acids is 2. The van der Waals surface area contributed by atoms with Crippen molar-refractivity contribution in [1.29, 1.82) is 0 Å². The Kier molecular flexibility index (Phi) is 6.79. The zero-order valence-corrected chi connectivity index (χ0v) is 20.4. The molecule has 1 fully saturated rings. The number of carbonyl (C=O) groups is 2. The summed E-state index contributed by atoms with van der Waals surface area (Å²) >= 11 is 1.22. The van der Waals surface area contributed by atoms with Crippen molar-refractivity contribution >= 4 is 33.9 Å². The molecular formula is C26H27N3O4S. The summed E-state index contributed by atoms with van der Waals surface area (Å²) in [6.07, 6.45) is 0.903. The van der Waals surface area contributed by atoms with E-state index in [0.29, 0.717) is 39.5 Å². The molecule has 7 nitrogen and oxygen atoms in total. The molecule has 176 valence electrons. The smallest absolute Gasteiger partial charge is 0.301 e. The molecule has 1 unspecified atom stereocenters. The normalized spacial score (nSPS) is 17.6. The van der Waals surface area contributed by atoms with Crippen LogP contribution in [0.15, 0.2) is 54.1 Å². The number of hydrogen-bond acceptors (Lipinski definition) is 7. The molecule has 0 bridgehead atoms. The third-order valence-electron chi connectivity index (χ3n) is 5.63. The second-order valence-corrected chi connectivity index (χ2v) is 9.90. The van der Waals surface area contributed by atoms with Crippen molar-refractivity contribution < 1.29 is 19.4 Å². The number of Topliss-reactive ketones (excluding diaryl/α,β-unsaturated/α-hetero) is 1. The molecule has 1 aliphatic rings. The Labute approximate surface area is 202 Å². The van der Waals surface area contributed by atoms with Crippen LogP contribution in [0.5, 0.6) is 5.75 Å². The topological polar surface area (TPSA) is 92.6 Å². The molecule has 3 aromatic rings. The largest absolute Gasteiger partial charge is 0.507 e. The van der Waals surface area contributed by atoms with E-state index in [-0.39, 0.29) is 11.3 Å². The van der Waals surface area contributed by atoms with Crippen LogP contribution < -0.4 is 9.64 Å². The number of benzene rings is 2. The molecule has 8 heteroatoms. The quantitative estimate of drug-likeness (QED) is 0.285. The minimum atomic E-state index is -0.859. The number of nitrogens with zero attached hydrogens (tertiary/aromatic N) is 3. The van der Waals surface area contributed by atoms with Gasteiger partial charge < -0.3 is 9.84 Å². The Morgan fingerprint density at radius 1 is 1.12 bits per heavy atom. The van der Waals surface area contributed by atoms with E-state index in [1.54, 1.807) is 25.1 Å². The molecule has 1 aliphatic heterocycles. The highest BCUT2D eigenvalue weighted by Gasteiger charge is 2.48. The molecule has 1 amide bonds. The van der Waals surface area contributed by atoms with Crippen LogP contribution in [0.1, 0.15) is 48.0 Å². The van der Waals surface area contributed by atoms with Crippen molar-refractivity contribution in [2.24, 2.45) is 5.92 Å². The van der Waals surface area contributed by atoms with E-state index in [2.05, 4.69) is 24.0 Å². The Morgan fingerprint density at radius 3 is 2.50 bits per heavy atom. The first-order valence-corrected chi connectivity index (χ1v) is 12.0. The number of anilines is 1. The maximum absolute atomic E-state index is 13.2. The predicted molar refractivity (Wildman–Crippen MR) is 132 cm³/mol. The van der Waals surface area contributed by atoms with Crippen LogP contribution in [0.2, 0.25) is 0 Å². The first-order chi connectivity index (χ1) is 16.3. The molecule has 0 spiro atoms. The lowest BCUT2D eigenvalue weighted by Crippen LogP contribution is -2.29. The molecule has 1 saturated heterocycles. The van der Waals surface area contributed by atoms with Crippen molar-refractivity contribution in [3.05, 3.63) is 75.8 Å². The minimum Gasteiger partial charge on any atom is -0.507 e. The molecule has 2 heterocycles. The summed E-state index contributed by atoms with van der Waals surface area (Å²) in [6.45, 7) is 8.53. The molecule has 0 saturated carbocycles. The van der Waals surface area contributed by atoms with Crippen LogP contribution in [0.4, 0.5) is 5.13 Å². The monoisotopic (exact) mass is 477 g/mol. The molecular weight excluding hydrogens is 450 g/mol. The maximum atomic E-state index is 13.2. The van der Waals surface area contributed by atoms with Crippen LogP contribution >= 0.6 is 11.3 Å². The first-order valence-electron chi connectivity index (χ1n) is 11.2. The molecule has 4 rings (SSSR count). The van der Waals surface area contributed by atoms with Crippen LogP contribution in [0, 0.1) is 19.8 Å². The van der Waals surface area contributed by atoms with Crippen molar-refractivity contribution in [2.45, 2.75) is 40.2 Å². The summed E-state index contributed by atoms with van der Waals surface area (Å²) in [5, 5.41) is 20.3. The van der Waals surface area contributed by atoms with Gasteiger partial charge in [-0.1, -0.05) is 67.1 Å². The summed E-state index contributed by atoms with van der Waals surface area (Å²) in [7, 11) is 0. The predicted octanol–water partition coefficient (Wildman–Crippen LogP) is 5.21. The molecule has 1 atom stereocenters. The highest BCUT2D eigenvalue weighted by atomic mass is 32.1. The number of ketones is 1. The Balaban J connectivity index is 1.83. The average Bonchev–Trinajstić information content (AvgIpc) is 3.34. The fourth-order valence-electron chi connectivity index (χ4n) is 3.78. The standard InChI is InChI=1S/C26H27N3O4S/c1-15(2)12-13-33-20-7-5-6-19(14-20)22-21(23(30)18-10-8-16(3)9-11-18)24(31)25(32)29(22)26-28-27-17(4)34-26/h5-11,14-15,22,30H,12-13H2,1-4H3/b23-21+. The second kappa shape index (κ2) is 9.77. The van der Waals surface area contributed by atoms with Crippen molar-refractivity contribution in [3.8, 4) is 5.75 Å². The van der Waals surface area contributed by atoms with E-state index in [4.69, 9.17) is 4.74 Å². The number of aliphatic hydroxyl groups excluding tert-OH is 1. The van der Waals surface area contributed by atoms with E-state index in [0.717, 1.165) is 12.0 Å². The van der Waals surface area contributed by atoms with E-state index < -0.39 is 17.7 Å². The number of ether oxygens (including phenoxy) is 1. The third kappa shape index (κ3) is 4.72. The summed E-state index contributed by atoms with van der Waals surface area (Å²) in [5.74, 6) is -0.598. The number of aliphatic hydroxyl groups is 1.